The Morgan fingerprint density at radius 2 is 1.81 bits per heavy atom. The normalized spacial score (nSPS) is 10.7. The van der Waals surface area contributed by atoms with Crippen molar-refractivity contribution in [2.24, 2.45) is 0 Å². The molecule has 2 N–H and O–H groups in total. The smallest absolute Gasteiger partial charge is 0.354 e. The molecule has 0 fully saturated rings. The SMILES string of the molecule is COC(=O)c1cc2cc(-c3csc(C(=O)NCc4ccc(OC)cc4OC)c3)ccc2[nH]1. The van der Waals surface area contributed by atoms with Crippen molar-refractivity contribution < 1.29 is 23.8 Å². The highest BCUT2D eigenvalue weighted by atomic mass is 32.1. The maximum Gasteiger partial charge on any atom is 0.354 e. The zero-order chi connectivity index (χ0) is 22.7. The minimum atomic E-state index is -0.411. The van der Waals surface area contributed by atoms with E-state index >= 15 is 0 Å². The fourth-order valence-corrected chi connectivity index (χ4v) is 4.23. The third kappa shape index (κ3) is 4.31. The summed E-state index contributed by atoms with van der Waals surface area (Å²) in [5, 5.41) is 5.78. The Hall–Kier alpha value is -3.78. The first-order valence-corrected chi connectivity index (χ1v) is 10.7. The number of thiophene rings is 1. The van der Waals surface area contributed by atoms with Gasteiger partial charge in [-0.25, -0.2) is 4.79 Å². The molecule has 32 heavy (non-hydrogen) atoms. The summed E-state index contributed by atoms with van der Waals surface area (Å²) >= 11 is 1.38. The van der Waals surface area contributed by atoms with Crippen LogP contribution in [-0.4, -0.2) is 38.2 Å². The lowest BCUT2D eigenvalue weighted by molar-refractivity contribution is 0.0595. The summed E-state index contributed by atoms with van der Waals surface area (Å²) in [6.07, 6.45) is 0. The van der Waals surface area contributed by atoms with Crippen molar-refractivity contribution >= 4 is 34.1 Å². The molecule has 8 heteroatoms. The average molecular weight is 451 g/mol. The van der Waals surface area contributed by atoms with Gasteiger partial charge in [0.2, 0.25) is 0 Å². The number of methoxy groups -OCH3 is 3. The fraction of sp³-hybridized carbons (Fsp3) is 0.167. The minimum Gasteiger partial charge on any atom is -0.497 e. The zero-order valence-corrected chi connectivity index (χ0v) is 18.7. The van der Waals surface area contributed by atoms with Crippen LogP contribution >= 0.6 is 11.3 Å². The van der Waals surface area contributed by atoms with Gasteiger partial charge in [0.15, 0.2) is 0 Å². The number of nitrogens with one attached hydrogen (secondary N) is 2. The molecule has 0 radical (unpaired) electrons. The maximum atomic E-state index is 12.7. The quantitative estimate of drug-likeness (QED) is 0.401. The van der Waals surface area contributed by atoms with Gasteiger partial charge in [0.25, 0.3) is 5.91 Å². The Morgan fingerprint density at radius 3 is 2.56 bits per heavy atom. The Kier molecular flexibility index (Phi) is 6.13. The number of amides is 1. The highest BCUT2D eigenvalue weighted by molar-refractivity contribution is 7.12. The van der Waals surface area contributed by atoms with Crippen LogP contribution in [0.5, 0.6) is 11.5 Å². The number of aromatic nitrogens is 1. The van der Waals surface area contributed by atoms with Gasteiger partial charge in [0, 0.05) is 29.1 Å². The van der Waals surface area contributed by atoms with Crippen LogP contribution in [0.2, 0.25) is 0 Å². The van der Waals surface area contributed by atoms with E-state index in [0.29, 0.717) is 28.6 Å². The summed E-state index contributed by atoms with van der Waals surface area (Å²) in [7, 11) is 4.53. The lowest BCUT2D eigenvalue weighted by atomic mass is 10.1. The number of ether oxygens (including phenoxy) is 3. The van der Waals surface area contributed by atoms with E-state index in [4.69, 9.17) is 14.2 Å². The molecular formula is C24H22N2O5S. The molecule has 0 spiro atoms. The molecule has 7 nitrogen and oxygen atoms in total. The molecule has 0 aliphatic rings. The predicted molar refractivity (Wildman–Crippen MR) is 124 cm³/mol. The first-order chi connectivity index (χ1) is 15.5. The van der Waals surface area contributed by atoms with Gasteiger partial charge in [-0.2, -0.15) is 0 Å². The molecular weight excluding hydrogens is 428 g/mol. The Bertz CT molecular complexity index is 1290. The number of esters is 1. The van der Waals surface area contributed by atoms with Crippen molar-refractivity contribution in [2.75, 3.05) is 21.3 Å². The van der Waals surface area contributed by atoms with Crippen molar-refractivity contribution in [2.45, 2.75) is 6.54 Å². The standard InChI is InChI=1S/C24H22N2O5S/c1-29-18-6-4-15(21(11-18)30-2)12-25-23(27)22-10-17(13-32-22)14-5-7-19-16(8-14)9-20(26-19)24(28)31-3/h4-11,13,26H,12H2,1-3H3,(H,25,27). The molecule has 0 saturated carbocycles. The monoisotopic (exact) mass is 450 g/mol. The molecule has 2 aromatic heterocycles. The fourth-order valence-electron chi connectivity index (χ4n) is 3.40. The Labute approximate surface area is 188 Å². The molecule has 4 rings (SSSR count). The summed E-state index contributed by atoms with van der Waals surface area (Å²) in [5.41, 5.74) is 4.00. The van der Waals surface area contributed by atoms with E-state index in [2.05, 4.69) is 10.3 Å². The van der Waals surface area contributed by atoms with E-state index in [1.807, 2.05) is 41.8 Å². The number of aromatic amines is 1. The van der Waals surface area contributed by atoms with Gasteiger partial charge >= 0.3 is 5.97 Å². The van der Waals surface area contributed by atoms with Crippen LogP contribution < -0.4 is 14.8 Å². The second-order valence-corrected chi connectivity index (χ2v) is 7.95. The molecule has 1 amide bonds. The van der Waals surface area contributed by atoms with Crippen LogP contribution in [0.25, 0.3) is 22.0 Å². The number of carbonyl (C=O) groups excluding carboxylic acids is 2. The highest BCUT2D eigenvalue weighted by Crippen LogP contribution is 2.29. The van der Waals surface area contributed by atoms with Crippen molar-refractivity contribution in [1.29, 1.82) is 0 Å². The van der Waals surface area contributed by atoms with Gasteiger partial charge in [0.1, 0.15) is 17.2 Å². The largest absolute Gasteiger partial charge is 0.497 e. The van der Waals surface area contributed by atoms with Crippen LogP contribution in [0, 0.1) is 0 Å². The summed E-state index contributed by atoms with van der Waals surface area (Å²) in [5.74, 6) is 0.779. The molecule has 0 unspecified atom stereocenters. The molecule has 0 saturated heterocycles. The first kappa shape index (κ1) is 21.5. The lowest BCUT2D eigenvalue weighted by Crippen LogP contribution is -2.22. The number of carbonyl (C=O) groups is 2. The second kappa shape index (κ2) is 9.15. The number of hydrogen-bond acceptors (Lipinski definition) is 6. The van der Waals surface area contributed by atoms with E-state index < -0.39 is 5.97 Å². The lowest BCUT2D eigenvalue weighted by Gasteiger charge is -2.11. The number of fused-ring (bicyclic) bond motifs is 1. The highest BCUT2D eigenvalue weighted by Gasteiger charge is 2.14. The van der Waals surface area contributed by atoms with Crippen molar-refractivity contribution in [3.05, 3.63) is 70.0 Å². The predicted octanol–water partition coefficient (Wildman–Crippen LogP) is 4.63. The van der Waals surface area contributed by atoms with Crippen LogP contribution in [0.4, 0.5) is 0 Å². The summed E-state index contributed by atoms with van der Waals surface area (Å²) in [6.45, 7) is 0.338. The van der Waals surface area contributed by atoms with Gasteiger partial charge in [-0.15, -0.1) is 11.3 Å². The van der Waals surface area contributed by atoms with Gasteiger partial charge in [-0.3, -0.25) is 4.79 Å². The van der Waals surface area contributed by atoms with Crippen LogP contribution in [-0.2, 0) is 11.3 Å². The Balaban J connectivity index is 1.48. The topological polar surface area (TPSA) is 89.7 Å². The van der Waals surface area contributed by atoms with Gasteiger partial charge in [-0.1, -0.05) is 6.07 Å². The number of H-pyrrole nitrogens is 1. The minimum absolute atomic E-state index is 0.158. The van der Waals surface area contributed by atoms with Crippen molar-refractivity contribution in [3.8, 4) is 22.6 Å². The summed E-state index contributed by atoms with van der Waals surface area (Å²) in [4.78, 5) is 28.1. The first-order valence-electron chi connectivity index (χ1n) is 9.81. The van der Waals surface area contributed by atoms with Crippen molar-refractivity contribution in [3.63, 3.8) is 0 Å². The van der Waals surface area contributed by atoms with Gasteiger partial charge < -0.3 is 24.5 Å². The van der Waals surface area contributed by atoms with Crippen LogP contribution in [0.1, 0.15) is 25.7 Å². The second-order valence-electron chi connectivity index (χ2n) is 7.04. The molecule has 2 aromatic carbocycles. The van der Waals surface area contributed by atoms with E-state index in [1.54, 1.807) is 26.4 Å². The summed E-state index contributed by atoms with van der Waals surface area (Å²) < 4.78 is 15.4. The van der Waals surface area contributed by atoms with Gasteiger partial charge in [-0.05, 0) is 52.9 Å². The third-order valence-electron chi connectivity index (χ3n) is 5.12. The van der Waals surface area contributed by atoms with E-state index in [9.17, 15) is 9.59 Å². The van der Waals surface area contributed by atoms with E-state index in [-0.39, 0.29) is 5.91 Å². The average Bonchev–Trinajstić information content (AvgIpc) is 3.49. The summed E-state index contributed by atoms with van der Waals surface area (Å²) in [6, 6.07) is 14.9. The molecule has 164 valence electrons. The van der Waals surface area contributed by atoms with Crippen LogP contribution in [0.3, 0.4) is 0 Å². The number of rotatable bonds is 7. The molecule has 0 aliphatic carbocycles. The molecule has 4 aromatic rings. The van der Waals surface area contributed by atoms with Gasteiger partial charge in [0.05, 0.1) is 26.2 Å². The maximum absolute atomic E-state index is 12.7. The van der Waals surface area contributed by atoms with E-state index in [0.717, 1.165) is 27.6 Å². The number of benzene rings is 2. The van der Waals surface area contributed by atoms with E-state index in [1.165, 1.54) is 18.4 Å². The van der Waals surface area contributed by atoms with Crippen LogP contribution in [0.15, 0.2) is 53.9 Å². The molecule has 0 bridgehead atoms. The molecule has 2 heterocycles. The van der Waals surface area contributed by atoms with Crippen molar-refractivity contribution in [1.82, 2.24) is 10.3 Å². The molecule has 0 aliphatic heterocycles. The Morgan fingerprint density at radius 1 is 0.969 bits per heavy atom. The zero-order valence-electron chi connectivity index (χ0n) is 17.9. The molecule has 0 atom stereocenters. The number of hydrogen-bond donors (Lipinski definition) is 2. The third-order valence-corrected chi connectivity index (χ3v) is 6.05.